The lowest BCUT2D eigenvalue weighted by atomic mass is 9.43. The molecule has 1 heterocycles. The molecule has 0 radical (unpaired) electrons. The van der Waals surface area contributed by atoms with Crippen LogP contribution in [0.25, 0.3) is 0 Å². The van der Waals surface area contributed by atoms with Crippen LogP contribution in [0.5, 0.6) is 0 Å². The van der Waals surface area contributed by atoms with Crippen LogP contribution in [0.3, 0.4) is 0 Å². The van der Waals surface area contributed by atoms with Crippen molar-refractivity contribution in [1.82, 2.24) is 0 Å². The lowest BCUT2D eigenvalue weighted by Crippen LogP contribution is -2.62. The smallest absolute Gasteiger partial charge is 0.331 e. The molecule has 9 atom stereocenters. The van der Waals surface area contributed by atoms with Gasteiger partial charge in [-0.1, -0.05) is 13.8 Å². The number of ether oxygens (including phenoxy) is 3. The summed E-state index contributed by atoms with van der Waals surface area (Å²) in [6.45, 7) is 6.70. The monoisotopic (exact) mass is 460 g/mol. The number of carbonyl (C=O) groups is 3. The molecule has 0 bridgehead atoms. The molecule has 182 valence electrons. The Kier molecular flexibility index (Phi) is 5.42. The van der Waals surface area contributed by atoms with E-state index in [-0.39, 0.29) is 41.9 Å². The van der Waals surface area contributed by atoms with Gasteiger partial charge in [-0.3, -0.25) is 9.59 Å². The quantitative estimate of drug-likeness (QED) is 0.390. The maximum absolute atomic E-state index is 12.5. The van der Waals surface area contributed by atoms with Gasteiger partial charge in [0.25, 0.3) is 6.47 Å². The lowest BCUT2D eigenvalue weighted by molar-refractivity contribution is -0.209. The molecule has 7 heteroatoms. The van der Waals surface area contributed by atoms with Crippen molar-refractivity contribution in [2.24, 2.45) is 34.5 Å². The van der Waals surface area contributed by atoms with Crippen molar-refractivity contribution in [3.8, 4) is 0 Å². The van der Waals surface area contributed by atoms with Crippen LogP contribution in [0.15, 0.2) is 11.6 Å². The standard InChI is InChI=1S/C26H36O7/c1-15(28)33-21-12-26(30)20-5-4-17-11-18(32-14-27)6-8-24(17,2)19(20)7-9-25(26,3)23(21)16-10-22(29)31-13-16/h10,14,17-21,23,30H,4-9,11-13H2,1-3H3/t17?,18?,19?,20?,21?,23-,24?,25?,26?/m0/s1. The number of fused-ring (bicyclic) bond motifs is 5. The fourth-order valence-corrected chi connectivity index (χ4v) is 8.94. The summed E-state index contributed by atoms with van der Waals surface area (Å²) in [6, 6.07) is 0. The number of esters is 2. The summed E-state index contributed by atoms with van der Waals surface area (Å²) in [4.78, 5) is 34.8. The highest BCUT2D eigenvalue weighted by Crippen LogP contribution is 2.70. The summed E-state index contributed by atoms with van der Waals surface area (Å²) in [5, 5.41) is 12.5. The minimum absolute atomic E-state index is 0.00474. The highest BCUT2D eigenvalue weighted by molar-refractivity contribution is 5.85. The van der Waals surface area contributed by atoms with Gasteiger partial charge in [0.05, 0.1) is 5.60 Å². The zero-order valence-electron chi connectivity index (χ0n) is 19.9. The number of aliphatic hydroxyl groups is 1. The molecule has 0 aromatic heterocycles. The zero-order chi connectivity index (χ0) is 23.6. The Morgan fingerprint density at radius 1 is 1.18 bits per heavy atom. The predicted octanol–water partition coefficient (Wildman–Crippen LogP) is 3.33. The highest BCUT2D eigenvalue weighted by atomic mass is 16.5. The molecule has 4 saturated carbocycles. The Hall–Kier alpha value is -1.89. The molecule has 5 rings (SSSR count). The van der Waals surface area contributed by atoms with Crippen LogP contribution in [0.4, 0.5) is 0 Å². The van der Waals surface area contributed by atoms with E-state index in [1.54, 1.807) is 0 Å². The second-order valence-electron chi connectivity index (χ2n) is 11.7. The minimum atomic E-state index is -0.975. The van der Waals surface area contributed by atoms with E-state index < -0.39 is 17.1 Å². The van der Waals surface area contributed by atoms with E-state index in [9.17, 15) is 19.5 Å². The van der Waals surface area contributed by atoms with E-state index in [0.29, 0.717) is 24.7 Å². The summed E-state index contributed by atoms with van der Waals surface area (Å²) in [6.07, 6.45) is 7.99. The average molecular weight is 461 g/mol. The SMILES string of the molecule is CC(=O)OC1CC2(O)C3CCC4CC(OC=O)CCC4(C)C3CCC2(C)[C@H]1C1=CC(=O)OC1. The van der Waals surface area contributed by atoms with Crippen molar-refractivity contribution in [3.05, 3.63) is 11.6 Å². The molecule has 1 aliphatic heterocycles. The number of carbonyl (C=O) groups excluding carboxylic acids is 3. The van der Waals surface area contributed by atoms with Crippen LogP contribution >= 0.6 is 0 Å². The van der Waals surface area contributed by atoms with E-state index in [1.165, 1.54) is 13.0 Å². The van der Waals surface area contributed by atoms with Crippen molar-refractivity contribution in [2.45, 2.75) is 89.9 Å². The Morgan fingerprint density at radius 3 is 2.64 bits per heavy atom. The first-order valence-corrected chi connectivity index (χ1v) is 12.5. The van der Waals surface area contributed by atoms with Crippen LogP contribution in [0, 0.1) is 34.5 Å². The highest BCUT2D eigenvalue weighted by Gasteiger charge is 2.71. The third-order valence-electron chi connectivity index (χ3n) is 10.4. The molecule has 7 nitrogen and oxygen atoms in total. The number of rotatable bonds is 4. The maximum Gasteiger partial charge on any atom is 0.331 e. The van der Waals surface area contributed by atoms with Gasteiger partial charge in [0, 0.05) is 30.8 Å². The van der Waals surface area contributed by atoms with Crippen molar-refractivity contribution in [2.75, 3.05) is 6.61 Å². The fourth-order valence-electron chi connectivity index (χ4n) is 8.94. The molecular formula is C26H36O7. The second kappa shape index (κ2) is 7.82. The van der Waals surface area contributed by atoms with Gasteiger partial charge in [-0.05, 0) is 73.7 Å². The summed E-state index contributed by atoms with van der Waals surface area (Å²) in [7, 11) is 0. The molecular weight excluding hydrogens is 424 g/mol. The fraction of sp³-hybridized carbons (Fsp3) is 0.808. The van der Waals surface area contributed by atoms with Crippen LogP contribution < -0.4 is 0 Å². The first-order chi connectivity index (χ1) is 15.6. The van der Waals surface area contributed by atoms with Gasteiger partial charge in [-0.25, -0.2) is 4.79 Å². The predicted molar refractivity (Wildman–Crippen MR) is 118 cm³/mol. The Bertz CT molecular complexity index is 882. The number of cyclic esters (lactones) is 1. The largest absolute Gasteiger partial charge is 0.465 e. The van der Waals surface area contributed by atoms with Crippen LogP contribution in [0.2, 0.25) is 0 Å². The first-order valence-electron chi connectivity index (χ1n) is 12.5. The molecule has 0 spiro atoms. The lowest BCUT2D eigenvalue weighted by Gasteiger charge is -2.63. The molecule has 0 aromatic carbocycles. The van der Waals surface area contributed by atoms with E-state index in [2.05, 4.69) is 13.8 Å². The van der Waals surface area contributed by atoms with Crippen molar-refractivity contribution in [1.29, 1.82) is 0 Å². The third kappa shape index (κ3) is 3.28. The summed E-state index contributed by atoms with van der Waals surface area (Å²) in [5.74, 6) is 0.0296. The first kappa shape index (κ1) is 22.9. The van der Waals surface area contributed by atoms with Gasteiger partial charge in [0.1, 0.15) is 18.8 Å². The molecule has 0 amide bonds. The van der Waals surface area contributed by atoms with Crippen LogP contribution in [0.1, 0.15) is 72.1 Å². The van der Waals surface area contributed by atoms with E-state index >= 15 is 0 Å². The molecule has 33 heavy (non-hydrogen) atoms. The second-order valence-corrected chi connectivity index (χ2v) is 11.7. The van der Waals surface area contributed by atoms with Gasteiger partial charge in [-0.2, -0.15) is 0 Å². The molecule has 5 aliphatic rings. The Balaban J connectivity index is 1.48. The van der Waals surface area contributed by atoms with Gasteiger partial charge in [-0.15, -0.1) is 0 Å². The van der Waals surface area contributed by atoms with Crippen molar-refractivity contribution in [3.63, 3.8) is 0 Å². The molecule has 4 aliphatic carbocycles. The van der Waals surface area contributed by atoms with Gasteiger partial charge in [0.2, 0.25) is 0 Å². The Labute approximate surface area is 195 Å². The maximum atomic E-state index is 12.5. The van der Waals surface area contributed by atoms with E-state index in [0.717, 1.165) is 50.5 Å². The van der Waals surface area contributed by atoms with E-state index in [1.807, 2.05) is 0 Å². The molecule has 0 saturated heterocycles. The number of hydrogen-bond acceptors (Lipinski definition) is 7. The van der Waals surface area contributed by atoms with Gasteiger partial charge >= 0.3 is 11.9 Å². The van der Waals surface area contributed by atoms with Crippen molar-refractivity contribution >= 4 is 18.4 Å². The van der Waals surface area contributed by atoms with E-state index in [4.69, 9.17) is 14.2 Å². The van der Waals surface area contributed by atoms with Crippen LogP contribution in [-0.2, 0) is 28.6 Å². The molecule has 0 aromatic rings. The van der Waals surface area contributed by atoms with Crippen molar-refractivity contribution < 1.29 is 33.7 Å². The minimum Gasteiger partial charge on any atom is -0.465 e. The topological polar surface area (TPSA) is 99.1 Å². The molecule has 8 unspecified atom stereocenters. The van der Waals surface area contributed by atoms with Gasteiger partial charge < -0.3 is 19.3 Å². The molecule has 1 N–H and O–H groups in total. The Morgan fingerprint density at radius 2 is 1.97 bits per heavy atom. The zero-order valence-corrected chi connectivity index (χ0v) is 19.9. The normalized spacial score (nSPS) is 48.6. The summed E-state index contributed by atoms with van der Waals surface area (Å²) in [5.41, 5.74) is -0.523. The van der Waals surface area contributed by atoms with Crippen LogP contribution in [-0.4, -0.2) is 47.9 Å². The third-order valence-corrected chi connectivity index (χ3v) is 10.4. The number of hydrogen-bond donors (Lipinski definition) is 1. The summed E-state index contributed by atoms with van der Waals surface area (Å²) < 4.78 is 16.3. The summed E-state index contributed by atoms with van der Waals surface area (Å²) >= 11 is 0. The average Bonchev–Trinajstić information content (AvgIpc) is 3.25. The van der Waals surface area contributed by atoms with Gasteiger partial charge in [0.15, 0.2) is 0 Å². The molecule has 4 fully saturated rings.